The SMILES string of the molecule is C/C(=C\c1ccc(-c2ccccc2)cc1)C(=O)OCC(O)CO. The fourth-order valence-electron chi connectivity index (χ4n) is 2.05. The number of aliphatic hydroxyl groups is 2. The summed E-state index contributed by atoms with van der Waals surface area (Å²) in [6, 6.07) is 17.9. The number of ether oxygens (including phenoxy) is 1. The molecule has 0 amide bonds. The van der Waals surface area contributed by atoms with Crippen molar-refractivity contribution >= 4 is 12.0 Å². The molecule has 0 saturated carbocycles. The second-order valence-corrected chi connectivity index (χ2v) is 5.25. The Kier molecular flexibility index (Phi) is 6.09. The average molecular weight is 312 g/mol. The van der Waals surface area contributed by atoms with Gasteiger partial charge in [-0.25, -0.2) is 4.79 Å². The first kappa shape index (κ1) is 16.9. The van der Waals surface area contributed by atoms with Crippen molar-refractivity contribution in [1.82, 2.24) is 0 Å². The third kappa shape index (κ3) is 5.06. The van der Waals surface area contributed by atoms with Crippen molar-refractivity contribution in [3.05, 3.63) is 65.7 Å². The van der Waals surface area contributed by atoms with Crippen molar-refractivity contribution in [2.24, 2.45) is 0 Å². The third-order valence-corrected chi connectivity index (χ3v) is 3.34. The minimum Gasteiger partial charge on any atom is -0.459 e. The molecule has 0 aliphatic heterocycles. The average Bonchev–Trinajstić information content (AvgIpc) is 2.60. The molecule has 0 aliphatic carbocycles. The number of hydrogen-bond donors (Lipinski definition) is 2. The van der Waals surface area contributed by atoms with E-state index in [2.05, 4.69) is 0 Å². The molecule has 0 bridgehead atoms. The van der Waals surface area contributed by atoms with Gasteiger partial charge in [0.25, 0.3) is 0 Å². The Bertz CT molecular complexity index is 660. The van der Waals surface area contributed by atoms with Crippen LogP contribution >= 0.6 is 0 Å². The lowest BCUT2D eigenvalue weighted by Gasteiger charge is -2.08. The largest absolute Gasteiger partial charge is 0.459 e. The predicted octanol–water partition coefficient (Wildman–Crippen LogP) is 2.65. The van der Waals surface area contributed by atoms with Crippen LogP contribution in [0, 0.1) is 0 Å². The van der Waals surface area contributed by atoms with Gasteiger partial charge in [0.2, 0.25) is 0 Å². The summed E-state index contributed by atoms with van der Waals surface area (Å²) < 4.78 is 4.90. The highest BCUT2D eigenvalue weighted by Crippen LogP contribution is 2.20. The Morgan fingerprint density at radius 1 is 1.09 bits per heavy atom. The third-order valence-electron chi connectivity index (χ3n) is 3.34. The summed E-state index contributed by atoms with van der Waals surface area (Å²) in [5.74, 6) is -0.510. The Balaban J connectivity index is 2.03. The Morgan fingerprint density at radius 3 is 2.30 bits per heavy atom. The zero-order valence-corrected chi connectivity index (χ0v) is 13.0. The van der Waals surface area contributed by atoms with E-state index in [1.54, 1.807) is 13.0 Å². The van der Waals surface area contributed by atoms with Crippen LogP contribution in [-0.4, -0.2) is 35.5 Å². The molecule has 2 N–H and O–H groups in total. The Morgan fingerprint density at radius 2 is 1.70 bits per heavy atom. The summed E-state index contributed by atoms with van der Waals surface area (Å²) in [7, 11) is 0. The monoisotopic (exact) mass is 312 g/mol. The molecule has 4 heteroatoms. The van der Waals surface area contributed by atoms with E-state index in [1.165, 1.54) is 0 Å². The predicted molar refractivity (Wildman–Crippen MR) is 89.6 cm³/mol. The lowest BCUT2D eigenvalue weighted by molar-refractivity contribution is -0.142. The summed E-state index contributed by atoms with van der Waals surface area (Å²) in [5, 5.41) is 17.9. The summed E-state index contributed by atoms with van der Waals surface area (Å²) >= 11 is 0. The van der Waals surface area contributed by atoms with Crippen LogP contribution in [0.25, 0.3) is 17.2 Å². The Labute approximate surface area is 135 Å². The quantitative estimate of drug-likeness (QED) is 0.636. The highest BCUT2D eigenvalue weighted by Gasteiger charge is 2.09. The second-order valence-electron chi connectivity index (χ2n) is 5.25. The fraction of sp³-hybridized carbons (Fsp3) is 0.211. The van der Waals surface area contributed by atoms with Crippen molar-refractivity contribution in [2.75, 3.05) is 13.2 Å². The first-order valence-electron chi connectivity index (χ1n) is 7.40. The van der Waals surface area contributed by atoms with Crippen LogP contribution in [0.5, 0.6) is 0 Å². The van der Waals surface area contributed by atoms with Gasteiger partial charge in [-0.15, -0.1) is 0 Å². The van der Waals surface area contributed by atoms with Crippen molar-refractivity contribution in [3.63, 3.8) is 0 Å². The van der Waals surface area contributed by atoms with Gasteiger partial charge >= 0.3 is 5.97 Å². The van der Waals surface area contributed by atoms with E-state index in [4.69, 9.17) is 9.84 Å². The van der Waals surface area contributed by atoms with Gasteiger partial charge in [-0.1, -0.05) is 54.6 Å². The normalized spacial score (nSPS) is 12.7. The molecular weight excluding hydrogens is 292 g/mol. The molecule has 1 unspecified atom stereocenters. The van der Waals surface area contributed by atoms with Gasteiger partial charge in [0.15, 0.2) is 0 Å². The number of hydrogen-bond acceptors (Lipinski definition) is 4. The van der Waals surface area contributed by atoms with Crippen LogP contribution in [0.4, 0.5) is 0 Å². The van der Waals surface area contributed by atoms with E-state index < -0.39 is 18.7 Å². The van der Waals surface area contributed by atoms with E-state index in [-0.39, 0.29) is 6.61 Å². The zero-order chi connectivity index (χ0) is 16.7. The smallest absolute Gasteiger partial charge is 0.333 e. The molecule has 0 fully saturated rings. The van der Waals surface area contributed by atoms with E-state index in [1.807, 2.05) is 54.6 Å². The van der Waals surface area contributed by atoms with Gasteiger partial charge in [-0.2, -0.15) is 0 Å². The fourth-order valence-corrected chi connectivity index (χ4v) is 2.05. The van der Waals surface area contributed by atoms with E-state index >= 15 is 0 Å². The minimum atomic E-state index is -1.04. The van der Waals surface area contributed by atoms with Crippen molar-refractivity contribution in [2.45, 2.75) is 13.0 Å². The van der Waals surface area contributed by atoms with Crippen LogP contribution in [0.15, 0.2) is 60.2 Å². The van der Waals surface area contributed by atoms with E-state index in [9.17, 15) is 9.90 Å². The Hall–Kier alpha value is -2.43. The van der Waals surface area contributed by atoms with Gasteiger partial charge in [0, 0.05) is 5.57 Å². The van der Waals surface area contributed by atoms with E-state index in [0.717, 1.165) is 16.7 Å². The number of esters is 1. The number of benzene rings is 2. The van der Waals surface area contributed by atoms with Gasteiger partial charge < -0.3 is 14.9 Å². The highest BCUT2D eigenvalue weighted by molar-refractivity contribution is 5.93. The molecular formula is C19H20O4. The molecule has 0 aliphatic rings. The molecule has 0 spiro atoms. The highest BCUT2D eigenvalue weighted by atomic mass is 16.5. The van der Waals surface area contributed by atoms with Crippen molar-refractivity contribution in [1.29, 1.82) is 0 Å². The van der Waals surface area contributed by atoms with Gasteiger partial charge in [-0.3, -0.25) is 0 Å². The summed E-state index contributed by atoms with van der Waals surface area (Å²) in [6.07, 6.45) is 0.680. The van der Waals surface area contributed by atoms with Crippen LogP contribution in [0.3, 0.4) is 0 Å². The minimum absolute atomic E-state index is 0.215. The molecule has 23 heavy (non-hydrogen) atoms. The summed E-state index contributed by atoms with van der Waals surface area (Å²) in [4.78, 5) is 11.8. The molecule has 0 heterocycles. The summed E-state index contributed by atoms with van der Waals surface area (Å²) in [6.45, 7) is 1.00. The lowest BCUT2D eigenvalue weighted by Crippen LogP contribution is -2.22. The maximum atomic E-state index is 11.8. The molecule has 4 nitrogen and oxygen atoms in total. The van der Waals surface area contributed by atoms with Crippen LogP contribution in [0.1, 0.15) is 12.5 Å². The van der Waals surface area contributed by atoms with Crippen molar-refractivity contribution in [3.8, 4) is 11.1 Å². The molecule has 0 radical (unpaired) electrons. The molecule has 1 atom stereocenters. The van der Waals surface area contributed by atoms with Crippen LogP contribution < -0.4 is 0 Å². The van der Waals surface area contributed by atoms with Gasteiger partial charge in [0.1, 0.15) is 12.7 Å². The first-order valence-corrected chi connectivity index (χ1v) is 7.40. The summed E-state index contributed by atoms with van der Waals surface area (Å²) in [5.41, 5.74) is 3.57. The molecule has 0 saturated heterocycles. The number of carbonyl (C=O) groups is 1. The number of carbonyl (C=O) groups excluding carboxylic acids is 1. The molecule has 2 aromatic carbocycles. The maximum Gasteiger partial charge on any atom is 0.333 e. The molecule has 2 aromatic rings. The standard InChI is InChI=1S/C19H20O4/c1-14(19(22)23-13-18(21)12-20)11-15-7-9-17(10-8-15)16-5-3-2-4-6-16/h2-11,18,20-21H,12-13H2,1H3/b14-11+. The number of aliphatic hydroxyl groups excluding tert-OH is 2. The molecule has 120 valence electrons. The van der Waals surface area contributed by atoms with Gasteiger partial charge in [0.05, 0.1) is 6.61 Å². The number of rotatable bonds is 6. The van der Waals surface area contributed by atoms with Gasteiger partial charge in [-0.05, 0) is 29.7 Å². The topological polar surface area (TPSA) is 66.8 Å². The first-order chi connectivity index (χ1) is 11.1. The van der Waals surface area contributed by atoms with Crippen LogP contribution in [0.2, 0.25) is 0 Å². The maximum absolute atomic E-state index is 11.8. The zero-order valence-electron chi connectivity index (χ0n) is 13.0. The molecule has 2 rings (SSSR count). The molecule has 0 aromatic heterocycles. The second kappa shape index (κ2) is 8.27. The lowest BCUT2D eigenvalue weighted by atomic mass is 10.0. The van der Waals surface area contributed by atoms with Crippen LogP contribution in [-0.2, 0) is 9.53 Å². The van der Waals surface area contributed by atoms with Crippen molar-refractivity contribution < 1.29 is 19.7 Å². The van der Waals surface area contributed by atoms with E-state index in [0.29, 0.717) is 5.57 Å².